The van der Waals surface area contributed by atoms with Crippen LogP contribution in [0, 0.1) is 0 Å². The summed E-state index contributed by atoms with van der Waals surface area (Å²) < 4.78 is 2.23. The molecular weight excluding hydrogens is 523 g/mol. The highest BCUT2D eigenvalue weighted by Crippen LogP contribution is 2.16. The van der Waals surface area contributed by atoms with E-state index in [0.717, 1.165) is 12.2 Å². The van der Waals surface area contributed by atoms with Crippen LogP contribution in [0.2, 0.25) is 6.04 Å². The lowest BCUT2D eigenvalue weighted by Gasteiger charge is -2.32. The molecule has 0 saturated heterocycles. The molecule has 5 aromatic carbocycles. The fraction of sp³-hybridized carbons (Fsp3) is 0.0789. The van der Waals surface area contributed by atoms with Crippen LogP contribution in [-0.4, -0.2) is 24.3 Å². The zero-order valence-corrected chi connectivity index (χ0v) is 25.2. The molecule has 0 aliphatic rings. The summed E-state index contributed by atoms with van der Waals surface area (Å²) in [5.74, 6) is 0. The van der Waals surface area contributed by atoms with Gasteiger partial charge in [-0.2, -0.15) is 0 Å². The number of nitrogens with zero attached hydrogens (tertiary/aromatic N) is 2. The summed E-state index contributed by atoms with van der Waals surface area (Å²) >= 11 is 0. The zero-order chi connectivity index (χ0) is 28.9. The molecule has 0 radical (unpaired) electrons. The first kappa shape index (κ1) is 28.8. The maximum atomic E-state index is 4.24. The number of allylic oxidation sites excluding steroid dienone is 2. The third-order valence-corrected chi connectivity index (χ3v) is 12.5. The summed E-state index contributed by atoms with van der Waals surface area (Å²) in [4.78, 5) is 4.24. The van der Waals surface area contributed by atoms with Gasteiger partial charge in [0, 0.05) is 18.6 Å². The lowest BCUT2D eigenvalue weighted by Crippen LogP contribution is -2.61. The molecular formula is C38H37BN2Si. The maximum Gasteiger partial charge on any atom is 0.241 e. The molecule has 0 unspecified atom stereocenters. The smallest absolute Gasteiger partial charge is 0.241 e. The lowest BCUT2D eigenvalue weighted by molar-refractivity contribution is 0.855. The van der Waals surface area contributed by atoms with Crippen LogP contribution >= 0.6 is 0 Å². The van der Waals surface area contributed by atoms with Gasteiger partial charge >= 0.3 is 0 Å². The highest BCUT2D eigenvalue weighted by Gasteiger charge is 2.36. The second-order valence-electron chi connectivity index (χ2n) is 10.5. The van der Waals surface area contributed by atoms with Gasteiger partial charge in [0.05, 0.1) is 6.33 Å². The summed E-state index contributed by atoms with van der Waals surface area (Å²) in [6.45, 7) is 2.41. The molecule has 206 valence electrons. The standard InChI is InChI=1S/C20H22N2Si.C18H15B/c1-2-3-16-23(18-22-15-14-21-17-22,19-10-6-4-7-11-19)20-12-8-5-9-13-20;1-4-10-16(11-5-1)19(17-12-6-2-7-13-17)18-14-8-3-9-15-18/h2-15,17H,16,18H2,1H3;1-15H. The van der Waals surface area contributed by atoms with E-state index in [0.29, 0.717) is 6.71 Å². The molecule has 0 fully saturated rings. The molecule has 0 spiro atoms. The van der Waals surface area contributed by atoms with Gasteiger partial charge in [-0.05, 0) is 13.0 Å². The van der Waals surface area contributed by atoms with E-state index in [1.807, 2.05) is 12.5 Å². The second-order valence-corrected chi connectivity index (χ2v) is 14.5. The van der Waals surface area contributed by atoms with Gasteiger partial charge in [-0.15, -0.1) is 0 Å². The third-order valence-electron chi connectivity index (χ3n) is 7.77. The van der Waals surface area contributed by atoms with Crippen molar-refractivity contribution in [2.45, 2.75) is 19.1 Å². The van der Waals surface area contributed by atoms with E-state index in [-0.39, 0.29) is 0 Å². The molecule has 1 heterocycles. The van der Waals surface area contributed by atoms with E-state index in [1.165, 1.54) is 26.8 Å². The van der Waals surface area contributed by atoms with E-state index in [9.17, 15) is 0 Å². The Morgan fingerprint density at radius 2 is 1.00 bits per heavy atom. The van der Waals surface area contributed by atoms with Crippen LogP contribution in [0.4, 0.5) is 0 Å². The van der Waals surface area contributed by atoms with Crippen LogP contribution in [0.1, 0.15) is 6.92 Å². The lowest BCUT2D eigenvalue weighted by atomic mass is 9.37. The van der Waals surface area contributed by atoms with Gasteiger partial charge in [-0.3, -0.25) is 0 Å². The van der Waals surface area contributed by atoms with E-state index in [2.05, 4.69) is 186 Å². The molecule has 42 heavy (non-hydrogen) atoms. The Balaban J connectivity index is 0.000000171. The van der Waals surface area contributed by atoms with Crippen LogP contribution in [0.25, 0.3) is 0 Å². The molecule has 0 saturated carbocycles. The largest absolute Gasteiger partial charge is 0.340 e. The molecule has 6 aromatic rings. The first-order chi connectivity index (χ1) is 20.8. The Bertz CT molecular complexity index is 1470. The van der Waals surface area contributed by atoms with Crippen LogP contribution in [0.15, 0.2) is 183 Å². The summed E-state index contributed by atoms with van der Waals surface area (Å²) in [5.41, 5.74) is 4.00. The van der Waals surface area contributed by atoms with Gasteiger partial charge < -0.3 is 4.57 Å². The average molecular weight is 561 g/mol. The normalized spacial score (nSPS) is 11.1. The van der Waals surface area contributed by atoms with E-state index in [4.69, 9.17) is 0 Å². The van der Waals surface area contributed by atoms with Crippen LogP contribution < -0.4 is 26.8 Å². The fourth-order valence-electron chi connectivity index (χ4n) is 5.69. The van der Waals surface area contributed by atoms with Gasteiger partial charge in [-0.1, -0.05) is 191 Å². The number of imidazole rings is 1. The van der Waals surface area contributed by atoms with Crippen molar-refractivity contribution < 1.29 is 0 Å². The molecule has 0 bridgehead atoms. The van der Waals surface area contributed by atoms with Crippen molar-refractivity contribution in [3.05, 3.63) is 183 Å². The zero-order valence-electron chi connectivity index (χ0n) is 24.2. The highest BCUT2D eigenvalue weighted by molar-refractivity contribution is 7.01. The van der Waals surface area contributed by atoms with Crippen molar-refractivity contribution in [2.75, 3.05) is 0 Å². The Kier molecular flexibility index (Phi) is 10.2. The van der Waals surface area contributed by atoms with Crippen molar-refractivity contribution in [3.63, 3.8) is 0 Å². The predicted molar refractivity (Wildman–Crippen MR) is 184 cm³/mol. The first-order valence-corrected chi connectivity index (χ1v) is 17.0. The third kappa shape index (κ3) is 7.15. The topological polar surface area (TPSA) is 17.8 Å². The van der Waals surface area contributed by atoms with Crippen LogP contribution in [-0.2, 0) is 6.17 Å². The molecule has 0 N–H and O–H groups in total. The summed E-state index contributed by atoms with van der Waals surface area (Å²) in [6.07, 6.45) is 11.4. The van der Waals surface area contributed by atoms with Crippen LogP contribution in [0.5, 0.6) is 0 Å². The predicted octanol–water partition coefficient (Wildman–Crippen LogP) is 5.46. The molecule has 0 aliphatic carbocycles. The molecule has 4 heteroatoms. The minimum atomic E-state index is -1.94. The molecule has 0 aliphatic heterocycles. The number of rotatable bonds is 9. The van der Waals surface area contributed by atoms with Gasteiger partial charge in [0.15, 0.2) is 0 Å². The number of aromatic nitrogens is 2. The summed E-state index contributed by atoms with van der Waals surface area (Å²) in [7, 11) is -1.94. The van der Waals surface area contributed by atoms with Gasteiger partial charge in [0.25, 0.3) is 0 Å². The van der Waals surface area contributed by atoms with Crippen molar-refractivity contribution in [1.82, 2.24) is 9.55 Å². The molecule has 0 amide bonds. The van der Waals surface area contributed by atoms with Crippen molar-refractivity contribution in [3.8, 4) is 0 Å². The Hall–Kier alpha value is -4.67. The van der Waals surface area contributed by atoms with E-state index >= 15 is 0 Å². The Morgan fingerprint density at radius 3 is 1.36 bits per heavy atom. The molecule has 1 aromatic heterocycles. The SMILES string of the molecule is CC=CC[Si](Cn1ccnc1)(c1ccccc1)c1ccccc1.c1ccc(B(c2ccccc2)c2ccccc2)cc1. The fourth-order valence-corrected chi connectivity index (χ4v) is 10.1. The van der Waals surface area contributed by atoms with E-state index in [1.54, 1.807) is 0 Å². The summed E-state index contributed by atoms with van der Waals surface area (Å²) in [6, 6.07) is 55.1. The number of hydrogen-bond acceptors (Lipinski definition) is 1. The average Bonchev–Trinajstić information content (AvgIpc) is 3.59. The van der Waals surface area contributed by atoms with Crippen molar-refractivity contribution in [2.24, 2.45) is 0 Å². The number of benzene rings is 5. The summed E-state index contributed by atoms with van der Waals surface area (Å²) in [5, 5.41) is 2.94. The van der Waals surface area contributed by atoms with Gasteiger partial charge in [0.2, 0.25) is 6.71 Å². The van der Waals surface area contributed by atoms with Crippen molar-refractivity contribution >= 4 is 41.5 Å². The highest BCUT2D eigenvalue weighted by atomic mass is 28.3. The van der Waals surface area contributed by atoms with Gasteiger partial charge in [0.1, 0.15) is 8.07 Å². The second kappa shape index (κ2) is 14.8. The number of hydrogen-bond donors (Lipinski definition) is 0. The van der Waals surface area contributed by atoms with Crippen molar-refractivity contribution in [1.29, 1.82) is 0 Å². The molecule has 6 rings (SSSR count). The van der Waals surface area contributed by atoms with E-state index < -0.39 is 8.07 Å². The molecule has 2 nitrogen and oxygen atoms in total. The Morgan fingerprint density at radius 1 is 0.595 bits per heavy atom. The Labute approximate surface area is 252 Å². The quantitative estimate of drug-likeness (QED) is 0.170. The monoisotopic (exact) mass is 560 g/mol. The molecule has 0 atom stereocenters. The van der Waals surface area contributed by atoms with Crippen LogP contribution in [0.3, 0.4) is 0 Å². The minimum Gasteiger partial charge on any atom is -0.340 e. The minimum absolute atomic E-state index is 0.309. The van der Waals surface area contributed by atoms with Gasteiger partial charge in [-0.25, -0.2) is 4.98 Å². The first-order valence-electron chi connectivity index (χ1n) is 14.6. The maximum absolute atomic E-state index is 4.24.